The summed E-state index contributed by atoms with van der Waals surface area (Å²) in [5.74, 6) is 0.624. The van der Waals surface area contributed by atoms with Crippen LogP contribution in [0.1, 0.15) is 31.3 Å². The average molecular weight is 275 g/mol. The topological polar surface area (TPSA) is 37.8 Å². The molecule has 0 aliphatic carbocycles. The molecule has 0 fully saturated rings. The molecule has 2 heterocycles. The van der Waals surface area contributed by atoms with E-state index in [9.17, 15) is 0 Å². The predicted molar refractivity (Wildman–Crippen MR) is 81.3 cm³/mol. The van der Waals surface area contributed by atoms with Crippen molar-refractivity contribution in [2.45, 2.75) is 33.7 Å². The number of nitrogens with one attached hydrogen (secondary N) is 1. The van der Waals surface area contributed by atoms with Crippen molar-refractivity contribution in [3.05, 3.63) is 35.0 Å². The Kier molecular flexibility index (Phi) is 5.05. The lowest BCUT2D eigenvalue weighted by atomic mass is 10.1. The molecule has 0 unspecified atom stereocenters. The second kappa shape index (κ2) is 6.78. The maximum Gasteiger partial charge on any atom is 0.142 e. The van der Waals surface area contributed by atoms with Crippen molar-refractivity contribution < 1.29 is 0 Å². The maximum absolute atomic E-state index is 4.79. The van der Waals surface area contributed by atoms with Crippen LogP contribution in [0.4, 0.5) is 0 Å². The Labute approximate surface area is 119 Å². The Morgan fingerprint density at radius 3 is 2.79 bits per heavy atom. The van der Waals surface area contributed by atoms with Crippen LogP contribution in [0.3, 0.4) is 0 Å². The minimum atomic E-state index is 0.624. The van der Waals surface area contributed by atoms with E-state index < -0.39 is 0 Å². The fourth-order valence-corrected chi connectivity index (χ4v) is 2.94. The lowest BCUT2D eigenvalue weighted by Gasteiger charge is -2.04. The van der Waals surface area contributed by atoms with E-state index in [1.807, 2.05) is 24.4 Å². The Morgan fingerprint density at radius 2 is 2.16 bits per heavy atom. The Bertz CT molecular complexity index is 505. The molecular weight excluding hydrogens is 254 g/mol. The second-order valence-electron chi connectivity index (χ2n) is 4.98. The highest BCUT2D eigenvalue weighted by molar-refractivity contribution is 7.15. The maximum atomic E-state index is 4.79. The molecule has 0 amide bonds. The Balaban J connectivity index is 2.28. The van der Waals surface area contributed by atoms with Crippen LogP contribution in [0.25, 0.3) is 10.7 Å². The molecule has 2 rings (SSSR count). The van der Waals surface area contributed by atoms with Gasteiger partial charge in [0.05, 0.1) is 11.4 Å². The van der Waals surface area contributed by atoms with E-state index in [0.29, 0.717) is 5.92 Å². The zero-order chi connectivity index (χ0) is 13.7. The quantitative estimate of drug-likeness (QED) is 0.876. The molecular formula is C15H21N3S. The van der Waals surface area contributed by atoms with Gasteiger partial charge >= 0.3 is 0 Å². The van der Waals surface area contributed by atoms with Crippen molar-refractivity contribution in [1.29, 1.82) is 0 Å². The van der Waals surface area contributed by atoms with Gasteiger partial charge in [-0.3, -0.25) is 4.98 Å². The lowest BCUT2D eigenvalue weighted by Crippen LogP contribution is -2.12. The van der Waals surface area contributed by atoms with Crippen LogP contribution in [-0.2, 0) is 13.0 Å². The van der Waals surface area contributed by atoms with Gasteiger partial charge in [0.1, 0.15) is 5.01 Å². The third-order valence-electron chi connectivity index (χ3n) is 2.80. The summed E-state index contributed by atoms with van der Waals surface area (Å²) in [6, 6.07) is 5.97. The number of nitrogens with zero attached hydrogens (tertiary/aromatic N) is 2. The summed E-state index contributed by atoms with van der Waals surface area (Å²) >= 11 is 1.76. The van der Waals surface area contributed by atoms with Crippen molar-refractivity contribution in [1.82, 2.24) is 15.3 Å². The zero-order valence-corrected chi connectivity index (χ0v) is 12.6. The summed E-state index contributed by atoms with van der Waals surface area (Å²) in [5, 5.41) is 4.42. The van der Waals surface area contributed by atoms with Crippen LogP contribution >= 0.6 is 11.3 Å². The van der Waals surface area contributed by atoms with Gasteiger partial charge in [-0.1, -0.05) is 26.8 Å². The first-order valence-electron chi connectivity index (χ1n) is 6.81. The first-order valence-corrected chi connectivity index (χ1v) is 7.63. The molecule has 2 aromatic rings. The van der Waals surface area contributed by atoms with E-state index in [-0.39, 0.29) is 0 Å². The van der Waals surface area contributed by atoms with E-state index in [2.05, 4.69) is 31.1 Å². The van der Waals surface area contributed by atoms with Crippen LogP contribution in [0.5, 0.6) is 0 Å². The normalized spacial score (nSPS) is 11.2. The van der Waals surface area contributed by atoms with Crippen molar-refractivity contribution in [3.63, 3.8) is 0 Å². The number of thiazole rings is 1. The van der Waals surface area contributed by atoms with Crippen LogP contribution in [0.15, 0.2) is 24.4 Å². The number of rotatable bonds is 6. The van der Waals surface area contributed by atoms with Gasteiger partial charge in [-0.05, 0) is 31.0 Å². The molecule has 4 heteroatoms. The second-order valence-corrected chi connectivity index (χ2v) is 6.07. The third-order valence-corrected chi connectivity index (χ3v) is 3.92. The minimum Gasteiger partial charge on any atom is -0.312 e. The predicted octanol–water partition coefficient (Wildman–Crippen LogP) is 3.51. The molecule has 0 aliphatic rings. The molecule has 0 aromatic carbocycles. The van der Waals surface area contributed by atoms with Crippen LogP contribution < -0.4 is 5.32 Å². The molecule has 0 saturated carbocycles. The Hall–Kier alpha value is -1.26. The summed E-state index contributed by atoms with van der Waals surface area (Å²) in [7, 11) is 0. The van der Waals surface area contributed by atoms with E-state index in [1.165, 1.54) is 10.6 Å². The fourth-order valence-electron chi connectivity index (χ4n) is 1.90. The molecule has 3 nitrogen and oxygen atoms in total. The number of hydrogen-bond acceptors (Lipinski definition) is 4. The van der Waals surface area contributed by atoms with Gasteiger partial charge in [-0.2, -0.15) is 0 Å². The molecule has 0 spiro atoms. The molecule has 19 heavy (non-hydrogen) atoms. The van der Waals surface area contributed by atoms with Crippen molar-refractivity contribution in [2.24, 2.45) is 5.92 Å². The summed E-state index contributed by atoms with van der Waals surface area (Å²) < 4.78 is 0. The molecule has 0 atom stereocenters. The highest BCUT2D eigenvalue weighted by Crippen LogP contribution is 2.28. The van der Waals surface area contributed by atoms with Gasteiger partial charge in [0, 0.05) is 17.6 Å². The van der Waals surface area contributed by atoms with Crippen LogP contribution in [0, 0.1) is 5.92 Å². The highest BCUT2D eigenvalue weighted by Gasteiger charge is 2.13. The summed E-state index contributed by atoms with van der Waals surface area (Å²) in [5.41, 5.74) is 2.20. The SMILES string of the molecule is CCNCc1sc(-c2ccccn2)nc1CC(C)C. The molecule has 0 bridgehead atoms. The van der Waals surface area contributed by atoms with E-state index >= 15 is 0 Å². The molecule has 0 saturated heterocycles. The number of aromatic nitrogens is 2. The van der Waals surface area contributed by atoms with Crippen LogP contribution in [0.2, 0.25) is 0 Å². The van der Waals surface area contributed by atoms with Gasteiger partial charge in [-0.25, -0.2) is 4.98 Å². The average Bonchev–Trinajstić information content (AvgIpc) is 2.80. The third kappa shape index (κ3) is 3.85. The summed E-state index contributed by atoms with van der Waals surface area (Å²) in [4.78, 5) is 10.5. The number of hydrogen-bond donors (Lipinski definition) is 1. The summed E-state index contributed by atoms with van der Waals surface area (Å²) in [6.45, 7) is 8.48. The fraction of sp³-hybridized carbons (Fsp3) is 0.467. The molecule has 1 N–H and O–H groups in total. The molecule has 2 aromatic heterocycles. The Morgan fingerprint density at radius 1 is 1.32 bits per heavy atom. The molecule has 0 radical (unpaired) electrons. The van der Waals surface area contributed by atoms with Crippen molar-refractivity contribution in [2.75, 3.05) is 6.54 Å². The standard InChI is InChI=1S/C15H21N3S/c1-4-16-10-14-13(9-11(2)3)18-15(19-14)12-7-5-6-8-17-12/h5-8,11,16H,4,9-10H2,1-3H3. The van der Waals surface area contributed by atoms with E-state index in [1.54, 1.807) is 11.3 Å². The first kappa shape index (κ1) is 14.2. The smallest absolute Gasteiger partial charge is 0.142 e. The van der Waals surface area contributed by atoms with Crippen molar-refractivity contribution in [3.8, 4) is 10.7 Å². The van der Waals surface area contributed by atoms with Gasteiger partial charge in [-0.15, -0.1) is 11.3 Å². The van der Waals surface area contributed by atoms with Gasteiger partial charge in [0.25, 0.3) is 0 Å². The molecule has 102 valence electrons. The van der Waals surface area contributed by atoms with Crippen LogP contribution in [-0.4, -0.2) is 16.5 Å². The minimum absolute atomic E-state index is 0.624. The van der Waals surface area contributed by atoms with Gasteiger partial charge in [0.2, 0.25) is 0 Å². The largest absolute Gasteiger partial charge is 0.312 e. The van der Waals surface area contributed by atoms with E-state index in [0.717, 1.165) is 30.2 Å². The van der Waals surface area contributed by atoms with Gasteiger partial charge < -0.3 is 5.32 Å². The zero-order valence-electron chi connectivity index (χ0n) is 11.8. The highest BCUT2D eigenvalue weighted by atomic mass is 32.1. The summed E-state index contributed by atoms with van der Waals surface area (Å²) in [6.07, 6.45) is 2.85. The van der Waals surface area contributed by atoms with E-state index in [4.69, 9.17) is 4.98 Å². The monoisotopic (exact) mass is 275 g/mol. The van der Waals surface area contributed by atoms with Gasteiger partial charge in [0.15, 0.2) is 0 Å². The van der Waals surface area contributed by atoms with Crippen molar-refractivity contribution >= 4 is 11.3 Å². The first-order chi connectivity index (χ1) is 9.20. The number of pyridine rings is 1. The lowest BCUT2D eigenvalue weighted by molar-refractivity contribution is 0.627. The molecule has 0 aliphatic heterocycles.